The number of carbonyl (C=O) groups is 1. The smallest absolute Gasteiger partial charge is 0.230 e. The molecular weight excluding hydrogens is 304 g/mol. The van der Waals surface area contributed by atoms with Gasteiger partial charge in [-0.05, 0) is 12.8 Å². The van der Waals surface area contributed by atoms with E-state index in [9.17, 15) is 4.79 Å². The lowest BCUT2D eigenvalue weighted by molar-refractivity contribution is -0.118. The number of hydrogen-bond donors (Lipinski definition) is 1. The Labute approximate surface area is 132 Å². The van der Waals surface area contributed by atoms with Crippen molar-refractivity contribution >= 4 is 17.7 Å². The van der Waals surface area contributed by atoms with Gasteiger partial charge in [0, 0.05) is 13.0 Å². The molecule has 0 unspecified atom stereocenters. The standard InChI is InChI=1S/C13H18N6O2S/c1-19-8-15-17-13(19)22-7-11(20)14-6-10-16-12(21-18-10)9-4-2-3-5-9/h8-9H,2-7H2,1H3,(H,14,20). The van der Waals surface area contributed by atoms with E-state index in [2.05, 4.69) is 25.7 Å². The van der Waals surface area contributed by atoms with Crippen molar-refractivity contribution in [3.05, 3.63) is 18.0 Å². The summed E-state index contributed by atoms with van der Waals surface area (Å²) in [5.74, 6) is 1.80. The molecule has 2 heterocycles. The van der Waals surface area contributed by atoms with Crippen LogP contribution in [0, 0.1) is 0 Å². The molecule has 0 bridgehead atoms. The fraction of sp³-hybridized carbons (Fsp3) is 0.615. The predicted molar refractivity (Wildman–Crippen MR) is 79.1 cm³/mol. The van der Waals surface area contributed by atoms with Gasteiger partial charge in [-0.2, -0.15) is 4.98 Å². The van der Waals surface area contributed by atoms with Crippen LogP contribution in [0.1, 0.15) is 43.3 Å². The molecule has 1 fully saturated rings. The van der Waals surface area contributed by atoms with Gasteiger partial charge in [-0.25, -0.2) is 0 Å². The monoisotopic (exact) mass is 322 g/mol. The zero-order valence-corrected chi connectivity index (χ0v) is 13.2. The summed E-state index contributed by atoms with van der Waals surface area (Å²) in [7, 11) is 1.84. The van der Waals surface area contributed by atoms with Gasteiger partial charge in [0.2, 0.25) is 11.8 Å². The first kappa shape index (κ1) is 15.0. The quantitative estimate of drug-likeness (QED) is 0.799. The number of nitrogens with zero attached hydrogens (tertiary/aromatic N) is 5. The number of nitrogens with one attached hydrogen (secondary N) is 1. The van der Waals surface area contributed by atoms with Crippen molar-refractivity contribution in [2.45, 2.75) is 43.3 Å². The molecule has 0 saturated heterocycles. The second-order valence-electron chi connectivity index (χ2n) is 5.32. The molecule has 22 heavy (non-hydrogen) atoms. The van der Waals surface area contributed by atoms with Crippen molar-refractivity contribution in [3.63, 3.8) is 0 Å². The summed E-state index contributed by atoms with van der Waals surface area (Å²) in [4.78, 5) is 16.2. The van der Waals surface area contributed by atoms with Gasteiger partial charge < -0.3 is 14.4 Å². The Hall–Kier alpha value is -1.90. The first-order valence-corrected chi connectivity index (χ1v) is 8.27. The van der Waals surface area contributed by atoms with Crippen LogP contribution in [-0.2, 0) is 18.4 Å². The number of thioether (sulfide) groups is 1. The van der Waals surface area contributed by atoms with E-state index < -0.39 is 0 Å². The molecule has 1 N–H and O–H groups in total. The van der Waals surface area contributed by atoms with Crippen LogP contribution in [0.15, 0.2) is 16.0 Å². The van der Waals surface area contributed by atoms with Crippen LogP contribution in [0.25, 0.3) is 0 Å². The molecule has 1 aliphatic carbocycles. The third-order valence-corrected chi connectivity index (χ3v) is 4.67. The molecule has 1 saturated carbocycles. The molecule has 118 valence electrons. The number of carbonyl (C=O) groups excluding carboxylic acids is 1. The van der Waals surface area contributed by atoms with E-state index in [0.717, 1.165) is 12.8 Å². The summed E-state index contributed by atoms with van der Waals surface area (Å²) in [6, 6.07) is 0. The number of rotatable bonds is 6. The summed E-state index contributed by atoms with van der Waals surface area (Å²) >= 11 is 1.34. The van der Waals surface area contributed by atoms with Gasteiger partial charge in [-0.15, -0.1) is 10.2 Å². The number of aromatic nitrogens is 5. The van der Waals surface area contributed by atoms with E-state index in [1.54, 1.807) is 10.9 Å². The van der Waals surface area contributed by atoms with Gasteiger partial charge in [0.05, 0.1) is 12.3 Å². The molecule has 0 atom stereocenters. The fourth-order valence-corrected chi connectivity index (χ4v) is 3.16. The Morgan fingerprint density at radius 3 is 3.05 bits per heavy atom. The topological polar surface area (TPSA) is 98.7 Å². The second kappa shape index (κ2) is 6.91. The van der Waals surface area contributed by atoms with Crippen LogP contribution < -0.4 is 5.32 Å². The van der Waals surface area contributed by atoms with Crippen LogP contribution in [0.5, 0.6) is 0 Å². The summed E-state index contributed by atoms with van der Waals surface area (Å²) in [5, 5.41) is 15.1. The maximum absolute atomic E-state index is 11.8. The maximum atomic E-state index is 11.8. The molecule has 2 aromatic heterocycles. The molecule has 1 amide bonds. The van der Waals surface area contributed by atoms with Gasteiger partial charge in [-0.3, -0.25) is 4.79 Å². The lowest BCUT2D eigenvalue weighted by Crippen LogP contribution is -2.25. The minimum Gasteiger partial charge on any atom is -0.348 e. The average molecular weight is 322 g/mol. The van der Waals surface area contributed by atoms with Crippen LogP contribution in [0.4, 0.5) is 0 Å². The molecular formula is C13H18N6O2S. The summed E-state index contributed by atoms with van der Waals surface area (Å²) in [6.45, 7) is 0.286. The third-order valence-electron chi connectivity index (χ3n) is 3.63. The molecule has 2 aromatic rings. The first-order valence-electron chi connectivity index (χ1n) is 7.28. The Balaban J connectivity index is 1.44. The van der Waals surface area contributed by atoms with Gasteiger partial charge in [0.1, 0.15) is 6.33 Å². The highest BCUT2D eigenvalue weighted by Crippen LogP contribution is 2.32. The van der Waals surface area contributed by atoms with E-state index in [1.165, 1.54) is 24.6 Å². The minimum atomic E-state index is -0.0970. The molecule has 3 rings (SSSR count). The van der Waals surface area contributed by atoms with E-state index in [1.807, 2.05) is 7.05 Å². The van der Waals surface area contributed by atoms with Crippen LogP contribution >= 0.6 is 11.8 Å². The van der Waals surface area contributed by atoms with E-state index >= 15 is 0 Å². The molecule has 0 aliphatic heterocycles. The first-order chi connectivity index (χ1) is 10.7. The Kier molecular flexibility index (Phi) is 4.71. The van der Waals surface area contributed by atoms with Crippen LogP contribution in [0.3, 0.4) is 0 Å². The summed E-state index contributed by atoms with van der Waals surface area (Å²) in [6.07, 6.45) is 6.27. The maximum Gasteiger partial charge on any atom is 0.230 e. The molecule has 1 aliphatic rings. The molecule has 9 heteroatoms. The van der Waals surface area contributed by atoms with Gasteiger partial charge in [-0.1, -0.05) is 29.8 Å². The van der Waals surface area contributed by atoms with Crippen molar-refractivity contribution in [3.8, 4) is 0 Å². The fourth-order valence-electron chi connectivity index (χ4n) is 2.44. The van der Waals surface area contributed by atoms with E-state index in [4.69, 9.17) is 4.52 Å². The Morgan fingerprint density at radius 2 is 2.32 bits per heavy atom. The summed E-state index contributed by atoms with van der Waals surface area (Å²) < 4.78 is 7.05. The Bertz CT molecular complexity index is 634. The lowest BCUT2D eigenvalue weighted by Gasteiger charge is -2.02. The number of hydrogen-bond acceptors (Lipinski definition) is 7. The van der Waals surface area contributed by atoms with E-state index in [-0.39, 0.29) is 18.2 Å². The highest BCUT2D eigenvalue weighted by Gasteiger charge is 2.22. The number of amides is 1. The summed E-state index contributed by atoms with van der Waals surface area (Å²) in [5.41, 5.74) is 0. The molecule has 0 radical (unpaired) electrons. The van der Waals surface area contributed by atoms with Gasteiger partial charge in [0.15, 0.2) is 11.0 Å². The molecule has 0 aromatic carbocycles. The predicted octanol–water partition coefficient (Wildman–Crippen LogP) is 1.26. The van der Waals surface area contributed by atoms with Crippen LogP contribution in [-0.4, -0.2) is 36.6 Å². The second-order valence-corrected chi connectivity index (χ2v) is 6.26. The zero-order valence-electron chi connectivity index (χ0n) is 12.4. The third kappa shape index (κ3) is 3.65. The van der Waals surface area contributed by atoms with Crippen molar-refractivity contribution in [1.29, 1.82) is 0 Å². The molecule has 8 nitrogen and oxygen atoms in total. The van der Waals surface area contributed by atoms with E-state index in [0.29, 0.717) is 22.8 Å². The lowest BCUT2D eigenvalue weighted by atomic mass is 10.1. The Morgan fingerprint density at radius 1 is 1.50 bits per heavy atom. The highest BCUT2D eigenvalue weighted by molar-refractivity contribution is 7.99. The normalized spacial score (nSPS) is 15.3. The minimum absolute atomic E-state index is 0.0970. The van der Waals surface area contributed by atoms with Gasteiger partial charge >= 0.3 is 0 Å². The van der Waals surface area contributed by atoms with Crippen molar-refractivity contribution in [2.75, 3.05) is 5.75 Å². The van der Waals surface area contributed by atoms with Crippen molar-refractivity contribution in [2.24, 2.45) is 7.05 Å². The SMILES string of the molecule is Cn1cnnc1SCC(=O)NCc1noc(C2CCCC2)n1. The number of aryl methyl sites for hydroxylation is 1. The molecule has 0 spiro atoms. The van der Waals surface area contributed by atoms with Crippen molar-refractivity contribution < 1.29 is 9.32 Å². The van der Waals surface area contributed by atoms with Crippen molar-refractivity contribution in [1.82, 2.24) is 30.2 Å². The highest BCUT2D eigenvalue weighted by atomic mass is 32.2. The largest absolute Gasteiger partial charge is 0.348 e. The average Bonchev–Trinajstić information content (AvgIpc) is 3.24. The van der Waals surface area contributed by atoms with Gasteiger partial charge in [0.25, 0.3) is 0 Å². The zero-order chi connectivity index (χ0) is 15.4. The van der Waals surface area contributed by atoms with Crippen LogP contribution in [0.2, 0.25) is 0 Å².